The quantitative estimate of drug-likeness (QED) is 0.130. The first-order chi connectivity index (χ1) is 52.7. The van der Waals surface area contributed by atoms with Gasteiger partial charge in [-0.3, -0.25) is 19.2 Å². The highest BCUT2D eigenvalue weighted by Gasteiger charge is 2.45. The van der Waals surface area contributed by atoms with Crippen LogP contribution in [0.4, 0.5) is 35.1 Å². The molecule has 0 aliphatic carbocycles. The van der Waals surface area contributed by atoms with Crippen LogP contribution in [0.25, 0.3) is 0 Å². The van der Waals surface area contributed by atoms with Crippen LogP contribution < -0.4 is 0 Å². The zero-order valence-corrected chi connectivity index (χ0v) is 59.3. The Morgan fingerprint density at radius 3 is 1.17 bits per heavy atom. The fourth-order valence-corrected chi connectivity index (χ4v) is 16.2. The number of hydrogen-bond donors (Lipinski definition) is 0. The third-order valence-electron chi connectivity index (χ3n) is 21.9. The number of alkyl halides is 6. The first kappa shape index (κ1) is 71.7. The van der Waals surface area contributed by atoms with Crippen molar-refractivity contribution in [1.29, 1.82) is 0 Å². The summed E-state index contributed by atoms with van der Waals surface area (Å²) in [4.78, 5) is 74.1. The molecule has 12 heterocycles. The van der Waals surface area contributed by atoms with Gasteiger partial charge in [0.2, 0.25) is 23.3 Å². The number of likely N-dealkylation sites (tertiary alicyclic amines) is 1. The largest absolute Gasteiger partial charge is 0.331 e. The molecular weight excluding hydrogens is 1410 g/mol. The van der Waals surface area contributed by atoms with Crippen molar-refractivity contribution in [1.82, 2.24) is 78.7 Å². The zero-order chi connectivity index (χ0) is 75.5. The lowest BCUT2D eigenvalue weighted by molar-refractivity contribution is 0.0118. The second kappa shape index (κ2) is 29.5. The van der Waals surface area contributed by atoms with E-state index in [1.165, 1.54) is 36.6 Å². The van der Waals surface area contributed by atoms with Crippen LogP contribution in [0.1, 0.15) is 228 Å². The highest BCUT2D eigenvalue weighted by atomic mass is 19.3. The van der Waals surface area contributed by atoms with E-state index in [2.05, 4.69) is 52.5 Å². The average Bonchev–Trinajstić information content (AvgIpc) is 1.69. The lowest BCUT2D eigenvalue weighted by Gasteiger charge is -2.34. The van der Waals surface area contributed by atoms with E-state index in [0.29, 0.717) is 50.0 Å². The predicted octanol–water partition coefficient (Wildman–Crippen LogP) is 14.6. The highest BCUT2D eigenvalue weighted by Crippen LogP contribution is 2.45. The summed E-state index contributed by atoms with van der Waals surface area (Å²) < 4.78 is 119. The van der Waals surface area contributed by atoms with Crippen LogP contribution in [0.15, 0.2) is 182 Å². The summed E-state index contributed by atoms with van der Waals surface area (Å²) in [5.74, 6) is -4.71. The Bertz CT molecular complexity index is 5220. The molecule has 28 heteroatoms. The number of benzene rings is 7. The highest BCUT2D eigenvalue weighted by molar-refractivity contribution is 5.92. The molecule has 4 amide bonds. The Hall–Kier alpha value is -11.6. The molecule has 11 aromatic rings. The molecular formula is C81H74F8N16O4. The number of carbonyl (C=O) groups is 4. The van der Waals surface area contributed by atoms with Crippen molar-refractivity contribution in [2.24, 2.45) is 0 Å². The Kier molecular flexibility index (Phi) is 19.4. The van der Waals surface area contributed by atoms with Crippen LogP contribution in [0, 0.1) is 11.6 Å². The van der Waals surface area contributed by atoms with E-state index in [1.54, 1.807) is 33.5 Å². The van der Waals surface area contributed by atoms with Crippen LogP contribution in [0.3, 0.4) is 0 Å². The van der Waals surface area contributed by atoms with Gasteiger partial charge in [0.1, 0.15) is 11.6 Å². The standard InChI is InChI=1S/C22H20F2N4O.C22H21FN4O.C21H18F2N4O.C16H15F3N4O/c1-13-19-15(8-5-9-16(19)23)10-11-27(13)22(29)20-25-21-17(24)12-18(28(21)26-20)14-6-3-2-4-7-14;1-14-17-10-6-5-7-15(17)11-12-26(14)22(28)20-24-21-18(23)13-19(27(21)25-20)16-8-3-2-4-9-16;22-16-8-4-7-13-9-10-26(12-15(13)16)21(28)19-24-20-17(23)11-18(27(20)25-19)14-5-2-1-3-6-14;17-11-8-12(10-4-2-1-3-5-10)23-14(11)20-13(21-23)15(24)22-7-6-16(18,19)9-22/h2-9,13,17-18H,10-12H2,1H3;2-10,14,18-19H,11-13H2,1H3;1-8,17-18H,9-12H2;1-5,11-12H,6-9H2/t13?,17-,18-;14?,18-,19-;17-,18-;11-,12-/m0000/s1. The van der Waals surface area contributed by atoms with Gasteiger partial charge in [0, 0.05) is 76.0 Å². The SMILES string of the molecule is CC1c2c(F)cccc2CCN1C(=O)c1nc2n(n1)[C@H](c1ccccc1)C[C@@H]2F.CC1c2ccccc2CCN1C(=O)c1nc2n(n1)[C@H](c1ccccc1)C[C@@H]2F.O=C(c1nc2n(n1)[C@H](c1ccccc1)C[C@@H]2F)N1CCC(F)(F)C1.O=C(c1nc2n(n1)[C@H](c1ccccc1)C[C@@H]2F)N1CCc2cccc(F)c2C1. The van der Waals surface area contributed by atoms with Crippen LogP contribution in [-0.4, -0.2) is 141 Å². The predicted molar refractivity (Wildman–Crippen MR) is 382 cm³/mol. The summed E-state index contributed by atoms with van der Waals surface area (Å²) in [7, 11) is 0. The topological polar surface area (TPSA) is 204 Å². The lowest BCUT2D eigenvalue weighted by Crippen LogP contribution is -2.40. The Labute approximate surface area is 621 Å². The van der Waals surface area contributed by atoms with E-state index in [0.717, 1.165) is 50.3 Å². The fraction of sp³-hybridized carbons (Fsp3) is 0.333. The Morgan fingerprint density at radius 1 is 0.385 bits per heavy atom. The average molecular weight is 1490 g/mol. The van der Waals surface area contributed by atoms with E-state index >= 15 is 0 Å². The van der Waals surface area contributed by atoms with Crippen molar-refractivity contribution in [3.63, 3.8) is 0 Å². The number of amides is 4. The van der Waals surface area contributed by atoms with Crippen LogP contribution in [0.2, 0.25) is 0 Å². The Morgan fingerprint density at radius 2 is 0.743 bits per heavy atom. The molecule has 7 aromatic carbocycles. The molecule has 1 saturated heterocycles. The minimum atomic E-state index is -2.88. The first-order valence-electron chi connectivity index (χ1n) is 36.6. The third-order valence-corrected chi connectivity index (χ3v) is 21.9. The zero-order valence-electron chi connectivity index (χ0n) is 59.3. The maximum Gasteiger partial charge on any atom is 0.294 e. The van der Waals surface area contributed by atoms with Gasteiger partial charge in [-0.25, -0.2) is 73.8 Å². The molecule has 0 bridgehead atoms. The van der Waals surface area contributed by atoms with E-state index in [4.69, 9.17) is 0 Å². The molecule has 8 aliphatic heterocycles. The monoisotopic (exact) mass is 1490 g/mol. The molecule has 109 heavy (non-hydrogen) atoms. The van der Waals surface area contributed by atoms with Gasteiger partial charge in [0.25, 0.3) is 29.6 Å². The number of hydrogen-bond acceptors (Lipinski definition) is 12. The fourth-order valence-electron chi connectivity index (χ4n) is 16.2. The van der Waals surface area contributed by atoms with Crippen molar-refractivity contribution < 1.29 is 54.3 Å². The molecule has 1 fully saturated rings. The molecule has 0 saturated carbocycles. The number of aromatic nitrogens is 12. The maximum atomic E-state index is 14.6. The third kappa shape index (κ3) is 13.8. The lowest BCUT2D eigenvalue weighted by atomic mass is 9.93. The number of fused-ring (bicyclic) bond motifs is 7. The number of rotatable bonds is 8. The van der Waals surface area contributed by atoms with E-state index in [1.807, 2.05) is 153 Å². The molecule has 2 unspecified atom stereocenters. The molecule has 19 rings (SSSR count). The molecule has 0 N–H and O–H groups in total. The molecule has 558 valence electrons. The molecule has 20 nitrogen and oxygen atoms in total. The molecule has 0 radical (unpaired) electrons. The summed E-state index contributed by atoms with van der Waals surface area (Å²) in [6.07, 6.45) is -2.48. The Balaban J connectivity index is 0.000000111. The minimum absolute atomic E-state index is 0.0296. The molecule has 10 atom stereocenters. The van der Waals surface area contributed by atoms with Crippen molar-refractivity contribution >= 4 is 23.6 Å². The van der Waals surface area contributed by atoms with Gasteiger partial charge in [0.05, 0.1) is 42.8 Å². The summed E-state index contributed by atoms with van der Waals surface area (Å²) in [5, 5.41) is 17.3. The molecule has 0 spiro atoms. The van der Waals surface area contributed by atoms with Crippen LogP contribution in [-0.2, 0) is 25.8 Å². The smallest absolute Gasteiger partial charge is 0.294 e. The number of halogens is 8. The van der Waals surface area contributed by atoms with Crippen molar-refractivity contribution in [3.05, 3.63) is 296 Å². The van der Waals surface area contributed by atoms with Gasteiger partial charge in [-0.05, 0) is 89.8 Å². The summed E-state index contributed by atoms with van der Waals surface area (Å²) in [6, 6.07) is 54.5. The number of nitrogens with zero attached hydrogens (tertiary/aromatic N) is 16. The summed E-state index contributed by atoms with van der Waals surface area (Å²) >= 11 is 0. The van der Waals surface area contributed by atoms with Gasteiger partial charge >= 0.3 is 0 Å². The normalized spacial score (nSPS) is 23.0. The second-order valence-corrected chi connectivity index (χ2v) is 28.5. The van der Waals surface area contributed by atoms with E-state index < -0.39 is 60.9 Å². The van der Waals surface area contributed by atoms with Crippen LogP contribution in [0.5, 0.6) is 0 Å². The van der Waals surface area contributed by atoms with E-state index in [9.17, 15) is 54.3 Å². The van der Waals surface area contributed by atoms with Crippen molar-refractivity contribution in [2.75, 3.05) is 32.7 Å². The van der Waals surface area contributed by atoms with Gasteiger partial charge in [-0.15, -0.1) is 20.4 Å². The molecule has 8 aliphatic rings. The van der Waals surface area contributed by atoms with Gasteiger partial charge < -0.3 is 19.6 Å². The maximum absolute atomic E-state index is 14.6. The summed E-state index contributed by atoms with van der Waals surface area (Å²) in [6.45, 7) is 4.82. The van der Waals surface area contributed by atoms with E-state index in [-0.39, 0.29) is 133 Å². The summed E-state index contributed by atoms with van der Waals surface area (Å²) in [5.41, 5.74) is 9.02. The van der Waals surface area contributed by atoms with Gasteiger partial charge in [-0.1, -0.05) is 170 Å². The first-order valence-corrected chi connectivity index (χ1v) is 36.6. The number of carbonyl (C=O) groups excluding carboxylic acids is 4. The van der Waals surface area contributed by atoms with Crippen molar-refractivity contribution in [2.45, 2.75) is 139 Å². The van der Waals surface area contributed by atoms with Gasteiger partial charge in [0.15, 0.2) is 48.0 Å². The molecule has 4 aromatic heterocycles. The second-order valence-electron chi connectivity index (χ2n) is 28.5. The van der Waals surface area contributed by atoms with Crippen molar-refractivity contribution in [3.8, 4) is 0 Å². The van der Waals surface area contributed by atoms with Gasteiger partial charge in [-0.2, -0.15) is 0 Å². The minimum Gasteiger partial charge on any atom is -0.331 e. The van der Waals surface area contributed by atoms with Crippen LogP contribution >= 0.6 is 0 Å².